The van der Waals surface area contributed by atoms with Crippen molar-refractivity contribution in [2.45, 2.75) is 25.7 Å². The average molecular weight is 442 g/mol. The van der Waals surface area contributed by atoms with Gasteiger partial charge in [-0.3, -0.25) is 9.59 Å². The molecule has 0 fully saturated rings. The third-order valence-electron chi connectivity index (χ3n) is 4.34. The standard InChI is InChI=1S/C22H26N4O6/c1-31-17-9-5-7-15(21(17)29)13-23-25-19(27)11-3-4-12-20(28)26-24-14-16-8-6-10-18(32-2)22(16)30/h5-10,13-14,29-30H,3-4,11-12H2,1-2H3,(H,25,27)(H,26,28)/b23-13+,24-14+. The lowest BCUT2D eigenvalue weighted by atomic mass is 10.2. The van der Waals surface area contributed by atoms with Crippen LogP contribution >= 0.6 is 0 Å². The molecule has 0 aromatic heterocycles. The lowest BCUT2D eigenvalue weighted by Crippen LogP contribution is -2.19. The zero-order valence-corrected chi connectivity index (χ0v) is 17.9. The normalized spacial score (nSPS) is 10.9. The van der Waals surface area contributed by atoms with Crippen molar-refractivity contribution in [1.29, 1.82) is 0 Å². The summed E-state index contributed by atoms with van der Waals surface area (Å²) < 4.78 is 10.0. The first-order valence-electron chi connectivity index (χ1n) is 9.82. The van der Waals surface area contributed by atoms with Crippen LogP contribution < -0.4 is 20.3 Å². The number of hydrogen-bond donors (Lipinski definition) is 4. The Balaban J connectivity index is 1.66. The second kappa shape index (κ2) is 12.6. The van der Waals surface area contributed by atoms with Crippen LogP contribution in [-0.4, -0.2) is 48.7 Å². The fraction of sp³-hybridized carbons (Fsp3) is 0.273. The smallest absolute Gasteiger partial charge is 0.240 e. The number of carbonyl (C=O) groups excluding carboxylic acids is 2. The van der Waals surface area contributed by atoms with E-state index in [0.29, 0.717) is 35.5 Å². The number of methoxy groups -OCH3 is 2. The number of nitrogens with one attached hydrogen (secondary N) is 2. The van der Waals surface area contributed by atoms with Crippen LogP contribution in [0.15, 0.2) is 46.6 Å². The predicted octanol–water partition coefficient (Wildman–Crippen LogP) is 2.28. The van der Waals surface area contributed by atoms with Crippen LogP contribution in [0.4, 0.5) is 0 Å². The van der Waals surface area contributed by atoms with Crippen molar-refractivity contribution in [3.63, 3.8) is 0 Å². The van der Waals surface area contributed by atoms with Gasteiger partial charge in [0.05, 0.1) is 26.6 Å². The first-order valence-corrected chi connectivity index (χ1v) is 9.82. The number of hydrazone groups is 2. The number of para-hydroxylation sites is 2. The van der Waals surface area contributed by atoms with E-state index in [0.717, 1.165) is 0 Å². The molecule has 10 heteroatoms. The molecule has 2 amide bonds. The summed E-state index contributed by atoms with van der Waals surface area (Å²) in [5.41, 5.74) is 5.56. The van der Waals surface area contributed by atoms with Crippen molar-refractivity contribution in [3.8, 4) is 23.0 Å². The fourth-order valence-corrected chi connectivity index (χ4v) is 2.65. The first kappa shape index (κ1) is 24.2. The minimum Gasteiger partial charge on any atom is -0.504 e. The highest BCUT2D eigenvalue weighted by molar-refractivity contribution is 5.87. The predicted molar refractivity (Wildman–Crippen MR) is 119 cm³/mol. The van der Waals surface area contributed by atoms with Gasteiger partial charge in [0.2, 0.25) is 11.8 Å². The van der Waals surface area contributed by atoms with Crippen LogP contribution in [0.5, 0.6) is 23.0 Å². The maximum atomic E-state index is 11.8. The summed E-state index contributed by atoms with van der Waals surface area (Å²) in [5.74, 6) is -0.135. The van der Waals surface area contributed by atoms with Crippen LogP contribution in [0.2, 0.25) is 0 Å². The lowest BCUT2D eigenvalue weighted by Gasteiger charge is -2.05. The van der Waals surface area contributed by atoms with Crippen molar-refractivity contribution in [2.75, 3.05) is 14.2 Å². The monoisotopic (exact) mass is 442 g/mol. The van der Waals surface area contributed by atoms with Gasteiger partial charge in [-0.05, 0) is 37.1 Å². The second-order valence-corrected chi connectivity index (χ2v) is 6.59. The molecule has 0 saturated heterocycles. The quantitative estimate of drug-likeness (QED) is 0.239. The molecule has 0 atom stereocenters. The maximum absolute atomic E-state index is 11.8. The molecular weight excluding hydrogens is 416 g/mol. The van der Waals surface area contributed by atoms with Gasteiger partial charge in [0, 0.05) is 24.0 Å². The van der Waals surface area contributed by atoms with E-state index >= 15 is 0 Å². The third-order valence-corrected chi connectivity index (χ3v) is 4.34. The van der Waals surface area contributed by atoms with Gasteiger partial charge >= 0.3 is 0 Å². The third kappa shape index (κ3) is 7.31. The molecule has 2 aromatic rings. The van der Waals surface area contributed by atoms with Gasteiger partial charge in [-0.15, -0.1) is 0 Å². The van der Waals surface area contributed by atoms with E-state index < -0.39 is 0 Å². The fourth-order valence-electron chi connectivity index (χ4n) is 2.65. The molecule has 10 nitrogen and oxygen atoms in total. The molecule has 2 aromatic carbocycles. The van der Waals surface area contributed by atoms with E-state index in [4.69, 9.17) is 9.47 Å². The number of hydrogen-bond acceptors (Lipinski definition) is 8. The highest BCUT2D eigenvalue weighted by atomic mass is 16.5. The van der Waals surface area contributed by atoms with Crippen molar-refractivity contribution in [1.82, 2.24) is 10.9 Å². The van der Waals surface area contributed by atoms with Crippen molar-refractivity contribution in [2.24, 2.45) is 10.2 Å². The minimum absolute atomic E-state index is 0.0664. The van der Waals surface area contributed by atoms with Crippen LogP contribution in [0.1, 0.15) is 36.8 Å². The van der Waals surface area contributed by atoms with Crippen molar-refractivity contribution < 1.29 is 29.3 Å². The molecule has 0 spiro atoms. The highest BCUT2D eigenvalue weighted by Gasteiger charge is 2.07. The Bertz CT molecular complexity index is 911. The van der Waals surface area contributed by atoms with Gasteiger partial charge < -0.3 is 19.7 Å². The van der Waals surface area contributed by atoms with Gasteiger partial charge in [-0.2, -0.15) is 10.2 Å². The Kier molecular flexibility index (Phi) is 9.51. The summed E-state index contributed by atoms with van der Waals surface area (Å²) in [5, 5.41) is 27.5. The van der Waals surface area contributed by atoms with E-state index in [2.05, 4.69) is 21.1 Å². The summed E-state index contributed by atoms with van der Waals surface area (Å²) in [6.45, 7) is 0. The number of phenols is 2. The summed E-state index contributed by atoms with van der Waals surface area (Å²) in [6, 6.07) is 9.85. The molecule has 170 valence electrons. The minimum atomic E-state index is -0.310. The number of aromatic hydroxyl groups is 2. The summed E-state index contributed by atoms with van der Waals surface area (Å²) in [6.07, 6.45) is 3.99. The number of rotatable bonds is 11. The Morgan fingerprint density at radius 1 is 0.812 bits per heavy atom. The highest BCUT2D eigenvalue weighted by Crippen LogP contribution is 2.28. The Morgan fingerprint density at radius 2 is 1.22 bits per heavy atom. The van der Waals surface area contributed by atoms with Crippen LogP contribution in [0, 0.1) is 0 Å². The summed E-state index contributed by atoms with van der Waals surface area (Å²) in [7, 11) is 2.88. The second-order valence-electron chi connectivity index (χ2n) is 6.59. The Morgan fingerprint density at radius 3 is 1.59 bits per heavy atom. The number of ether oxygens (including phenoxy) is 2. The molecule has 0 aliphatic heterocycles. The van der Waals surface area contributed by atoms with E-state index in [9.17, 15) is 19.8 Å². The number of amides is 2. The maximum Gasteiger partial charge on any atom is 0.240 e. The molecule has 0 heterocycles. The van der Waals surface area contributed by atoms with Gasteiger partial charge in [-0.1, -0.05) is 12.1 Å². The molecule has 0 bridgehead atoms. The van der Waals surface area contributed by atoms with E-state index in [-0.39, 0.29) is 36.2 Å². The summed E-state index contributed by atoms with van der Waals surface area (Å²) >= 11 is 0. The molecule has 0 unspecified atom stereocenters. The van der Waals surface area contributed by atoms with Gasteiger partial charge in [0.1, 0.15) is 0 Å². The molecule has 0 saturated carbocycles. The van der Waals surface area contributed by atoms with Gasteiger partial charge in [-0.25, -0.2) is 10.9 Å². The number of nitrogens with zero attached hydrogens (tertiary/aromatic N) is 2. The molecule has 4 N–H and O–H groups in total. The van der Waals surface area contributed by atoms with E-state index in [1.807, 2.05) is 0 Å². The van der Waals surface area contributed by atoms with Crippen LogP contribution in [-0.2, 0) is 9.59 Å². The largest absolute Gasteiger partial charge is 0.504 e. The number of unbranched alkanes of at least 4 members (excludes halogenated alkanes) is 1. The SMILES string of the molecule is COc1cccc(/C=N/NC(=O)CCCCC(=O)N/N=C/c2cccc(OC)c2O)c1O. The van der Waals surface area contributed by atoms with E-state index in [1.165, 1.54) is 26.6 Å². The molecular formula is C22H26N4O6. The van der Waals surface area contributed by atoms with Crippen LogP contribution in [0.25, 0.3) is 0 Å². The Hall–Kier alpha value is -4.08. The molecule has 0 aliphatic carbocycles. The zero-order chi connectivity index (χ0) is 23.3. The molecule has 2 rings (SSSR count). The van der Waals surface area contributed by atoms with Gasteiger partial charge in [0.15, 0.2) is 23.0 Å². The molecule has 0 radical (unpaired) electrons. The number of phenolic OH excluding ortho intramolecular Hbond substituents is 2. The zero-order valence-electron chi connectivity index (χ0n) is 17.9. The first-order chi connectivity index (χ1) is 15.5. The number of carbonyl (C=O) groups is 2. The lowest BCUT2D eigenvalue weighted by molar-refractivity contribution is -0.123. The number of benzene rings is 2. The average Bonchev–Trinajstić information content (AvgIpc) is 2.79. The van der Waals surface area contributed by atoms with Crippen molar-refractivity contribution in [3.05, 3.63) is 47.5 Å². The molecule has 0 aliphatic rings. The van der Waals surface area contributed by atoms with E-state index in [1.54, 1.807) is 36.4 Å². The molecule has 32 heavy (non-hydrogen) atoms. The van der Waals surface area contributed by atoms with Crippen molar-refractivity contribution >= 4 is 24.2 Å². The topological polar surface area (TPSA) is 142 Å². The van der Waals surface area contributed by atoms with Crippen LogP contribution in [0.3, 0.4) is 0 Å². The summed E-state index contributed by atoms with van der Waals surface area (Å²) in [4.78, 5) is 23.7. The van der Waals surface area contributed by atoms with Gasteiger partial charge in [0.25, 0.3) is 0 Å². The Labute approximate surface area is 185 Å².